The summed E-state index contributed by atoms with van der Waals surface area (Å²) in [6.07, 6.45) is 3.59. The predicted octanol–water partition coefficient (Wildman–Crippen LogP) is 4.27. The molecule has 4 aromatic rings. The topological polar surface area (TPSA) is 80.1 Å². The van der Waals surface area contributed by atoms with Crippen LogP contribution in [0.2, 0.25) is 0 Å². The number of aryl methyl sites for hydroxylation is 1. The molecule has 7 nitrogen and oxygen atoms in total. The summed E-state index contributed by atoms with van der Waals surface area (Å²) < 4.78 is 7.09. The highest BCUT2D eigenvalue weighted by atomic mass is 16.5. The van der Waals surface area contributed by atoms with Crippen molar-refractivity contribution < 1.29 is 4.74 Å². The van der Waals surface area contributed by atoms with Gasteiger partial charge in [0.1, 0.15) is 6.33 Å². The van der Waals surface area contributed by atoms with Gasteiger partial charge in [0, 0.05) is 23.4 Å². The smallest absolute Gasteiger partial charge is 0.158 e. The lowest BCUT2D eigenvalue weighted by Crippen LogP contribution is -2.46. The quantitative estimate of drug-likeness (QED) is 0.491. The first-order valence-corrected chi connectivity index (χ1v) is 10.8. The van der Waals surface area contributed by atoms with Gasteiger partial charge in [0.15, 0.2) is 5.65 Å². The van der Waals surface area contributed by atoms with Crippen molar-refractivity contribution in [2.45, 2.75) is 45.7 Å². The van der Waals surface area contributed by atoms with Crippen LogP contribution in [-0.4, -0.2) is 44.1 Å². The van der Waals surface area contributed by atoms with Gasteiger partial charge in [-0.05, 0) is 42.5 Å². The normalized spacial score (nSPS) is 15.5. The van der Waals surface area contributed by atoms with Crippen LogP contribution >= 0.6 is 0 Å². The molecule has 0 bridgehead atoms. The number of pyridine rings is 1. The minimum atomic E-state index is 0.294. The van der Waals surface area contributed by atoms with Gasteiger partial charge in [-0.2, -0.15) is 10.2 Å². The van der Waals surface area contributed by atoms with E-state index in [2.05, 4.69) is 78.5 Å². The Hall–Kier alpha value is -3.03. The van der Waals surface area contributed by atoms with E-state index in [1.165, 1.54) is 11.1 Å². The zero-order valence-corrected chi connectivity index (χ0v) is 18.4. The summed E-state index contributed by atoms with van der Waals surface area (Å²) in [5, 5.41) is 15.9. The zero-order valence-electron chi connectivity index (χ0n) is 18.4. The van der Waals surface area contributed by atoms with Gasteiger partial charge in [0.2, 0.25) is 0 Å². The van der Waals surface area contributed by atoms with E-state index in [0.29, 0.717) is 18.0 Å². The number of aromatic amines is 1. The first-order valence-electron chi connectivity index (χ1n) is 10.8. The van der Waals surface area contributed by atoms with Crippen molar-refractivity contribution in [2.75, 3.05) is 13.2 Å². The first kappa shape index (κ1) is 19.9. The first-order chi connectivity index (χ1) is 15.0. The van der Waals surface area contributed by atoms with Crippen LogP contribution in [0.3, 0.4) is 0 Å². The molecule has 0 saturated carbocycles. The Kier molecular flexibility index (Phi) is 5.08. The van der Waals surface area contributed by atoms with Gasteiger partial charge in [-0.25, -0.2) is 9.50 Å². The average Bonchev–Trinajstić information content (AvgIpc) is 3.38. The maximum Gasteiger partial charge on any atom is 0.158 e. The maximum absolute atomic E-state index is 5.27. The molecule has 0 radical (unpaired) electrons. The molecule has 0 aliphatic carbocycles. The van der Waals surface area contributed by atoms with Crippen LogP contribution in [-0.2, 0) is 4.74 Å². The molecule has 160 valence electrons. The van der Waals surface area contributed by atoms with Crippen molar-refractivity contribution in [1.82, 2.24) is 30.1 Å². The largest absolute Gasteiger partial charge is 0.378 e. The van der Waals surface area contributed by atoms with Crippen molar-refractivity contribution >= 4 is 5.65 Å². The summed E-state index contributed by atoms with van der Waals surface area (Å²) in [6, 6.07) is 11.6. The number of benzene rings is 1. The van der Waals surface area contributed by atoms with E-state index in [0.717, 1.165) is 46.9 Å². The lowest BCUT2D eigenvalue weighted by atomic mass is 9.93. The number of fused-ring (bicyclic) bond motifs is 1. The van der Waals surface area contributed by atoms with Gasteiger partial charge in [0.05, 0.1) is 30.6 Å². The third-order valence-corrected chi connectivity index (χ3v) is 6.04. The highest BCUT2D eigenvalue weighted by Gasteiger charge is 2.22. The minimum Gasteiger partial charge on any atom is -0.378 e. The van der Waals surface area contributed by atoms with Crippen LogP contribution in [0.1, 0.15) is 49.4 Å². The van der Waals surface area contributed by atoms with Gasteiger partial charge in [-0.15, -0.1) is 0 Å². The van der Waals surface area contributed by atoms with Gasteiger partial charge < -0.3 is 10.1 Å². The minimum absolute atomic E-state index is 0.294. The van der Waals surface area contributed by atoms with Crippen molar-refractivity contribution in [3.05, 3.63) is 59.5 Å². The standard InChI is InChI=1S/C24H28N6O/c1-14(2)21-22(18-7-5-17(6-8-18)16(4)27-20-11-31-12-20)28-29-23(21)19-9-15(3)24-25-13-26-30(24)10-19/h5-10,13-14,16,20,27H,11-12H2,1-4H3,(H,28,29)/t16-/m0/s1. The predicted molar refractivity (Wildman–Crippen MR) is 121 cm³/mol. The van der Waals surface area contributed by atoms with E-state index in [9.17, 15) is 0 Å². The van der Waals surface area contributed by atoms with Crippen LogP contribution in [0.15, 0.2) is 42.9 Å². The molecule has 1 saturated heterocycles. The molecular weight excluding hydrogens is 388 g/mol. The van der Waals surface area contributed by atoms with Crippen LogP contribution in [0.4, 0.5) is 0 Å². The lowest BCUT2D eigenvalue weighted by molar-refractivity contribution is -0.00925. The summed E-state index contributed by atoms with van der Waals surface area (Å²) in [6.45, 7) is 10.3. The molecule has 2 N–H and O–H groups in total. The van der Waals surface area contributed by atoms with E-state index in [4.69, 9.17) is 9.84 Å². The highest BCUT2D eigenvalue weighted by molar-refractivity contribution is 5.75. The molecule has 1 aliphatic heterocycles. The summed E-state index contributed by atoms with van der Waals surface area (Å²) in [4.78, 5) is 4.32. The monoisotopic (exact) mass is 416 g/mol. The number of aromatic nitrogens is 5. The SMILES string of the molecule is Cc1cc(-c2n[nH]c(-c3ccc([C@H](C)NC4COC4)cc3)c2C(C)C)cn2ncnc12. The van der Waals surface area contributed by atoms with Gasteiger partial charge in [0.25, 0.3) is 0 Å². The fraction of sp³-hybridized carbons (Fsp3) is 0.375. The zero-order chi connectivity index (χ0) is 21.5. The van der Waals surface area contributed by atoms with Crippen molar-refractivity contribution in [3.63, 3.8) is 0 Å². The molecule has 1 fully saturated rings. The number of rotatable bonds is 6. The van der Waals surface area contributed by atoms with E-state index in [-0.39, 0.29) is 0 Å². The molecule has 1 atom stereocenters. The van der Waals surface area contributed by atoms with Gasteiger partial charge in [-0.3, -0.25) is 5.10 Å². The Labute approximate surface area is 181 Å². The molecule has 1 aliphatic rings. The van der Waals surface area contributed by atoms with E-state index in [1.54, 1.807) is 6.33 Å². The summed E-state index contributed by atoms with van der Waals surface area (Å²) in [7, 11) is 0. The van der Waals surface area contributed by atoms with Crippen molar-refractivity contribution in [2.24, 2.45) is 0 Å². The maximum atomic E-state index is 5.27. The molecule has 0 unspecified atom stereocenters. The molecule has 5 rings (SSSR count). The second kappa shape index (κ2) is 7.90. The third kappa shape index (κ3) is 3.64. The molecule has 7 heteroatoms. The molecule has 4 heterocycles. The van der Waals surface area contributed by atoms with E-state index < -0.39 is 0 Å². The van der Waals surface area contributed by atoms with Crippen molar-refractivity contribution in [3.8, 4) is 22.5 Å². The molecule has 31 heavy (non-hydrogen) atoms. The molecule has 3 aromatic heterocycles. The number of hydrogen-bond acceptors (Lipinski definition) is 5. The second-order valence-electron chi connectivity index (χ2n) is 8.70. The second-order valence-corrected chi connectivity index (χ2v) is 8.70. The number of nitrogens with one attached hydrogen (secondary N) is 2. The average molecular weight is 417 g/mol. The Morgan fingerprint density at radius 2 is 1.90 bits per heavy atom. The summed E-state index contributed by atoms with van der Waals surface area (Å²) in [5.41, 5.74) is 8.66. The Morgan fingerprint density at radius 1 is 1.13 bits per heavy atom. The van der Waals surface area contributed by atoms with Crippen molar-refractivity contribution in [1.29, 1.82) is 0 Å². The molecule has 0 spiro atoms. The van der Waals surface area contributed by atoms with E-state index >= 15 is 0 Å². The van der Waals surface area contributed by atoms with Crippen LogP contribution in [0.5, 0.6) is 0 Å². The fourth-order valence-corrected chi connectivity index (χ4v) is 4.30. The number of ether oxygens (including phenoxy) is 1. The van der Waals surface area contributed by atoms with Crippen LogP contribution in [0, 0.1) is 6.92 Å². The highest BCUT2D eigenvalue weighted by Crippen LogP contribution is 2.36. The van der Waals surface area contributed by atoms with E-state index in [1.807, 2.05) is 10.7 Å². The number of nitrogens with zero attached hydrogens (tertiary/aromatic N) is 4. The summed E-state index contributed by atoms with van der Waals surface area (Å²) in [5.74, 6) is 0.314. The molecule has 0 amide bonds. The number of H-pyrrole nitrogens is 1. The van der Waals surface area contributed by atoms with Crippen LogP contribution < -0.4 is 5.32 Å². The number of hydrogen-bond donors (Lipinski definition) is 2. The fourth-order valence-electron chi connectivity index (χ4n) is 4.30. The van der Waals surface area contributed by atoms with Crippen LogP contribution in [0.25, 0.3) is 28.2 Å². The Bertz CT molecular complexity index is 1200. The summed E-state index contributed by atoms with van der Waals surface area (Å²) >= 11 is 0. The Morgan fingerprint density at radius 3 is 2.58 bits per heavy atom. The Balaban J connectivity index is 1.49. The third-order valence-electron chi connectivity index (χ3n) is 6.04. The van der Waals surface area contributed by atoms with Gasteiger partial charge in [-0.1, -0.05) is 38.1 Å². The van der Waals surface area contributed by atoms with Gasteiger partial charge >= 0.3 is 0 Å². The lowest BCUT2D eigenvalue weighted by Gasteiger charge is -2.30. The molecular formula is C24H28N6O. The molecule has 1 aromatic carbocycles.